The van der Waals surface area contributed by atoms with Gasteiger partial charge in [-0.15, -0.1) is 4.99 Å². The zero-order valence-corrected chi connectivity index (χ0v) is 27.4. The highest BCUT2D eigenvalue weighted by Crippen LogP contribution is 2.37. The first-order valence-corrected chi connectivity index (χ1v) is 14.9. The van der Waals surface area contributed by atoms with E-state index in [1.54, 1.807) is 40.2 Å². The second-order valence-corrected chi connectivity index (χ2v) is 12.5. The number of hydrogen-bond donors (Lipinski definition) is 2. The van der Waals surface area contributed by atoms with Crippen LogP contribution in [-0.2, 0) is 29.3 Å². The van der Waals surface area contributed by atoms with Gasteiger partial charge in [-0.05, 0) is 74.4 Å². The second-order valence-electron chi connectivity index (χ2n) is 11.7. The molecule has 2 aromatic carbocycles. The number of aromatic nitrogens is 3. The predicted octanol–water partition coefficient (Wildman–Crippen LogP) is 7.18. The number of halogens is 6. The first-order chi connectivity index (χ1) is 22.3. The molecule has 4 aromatic rings. The molecule has 0 aliphatic rings. The third-order valence-electron chi connectivity index (χ3n) is 6.69. The van der Waals surface area contributed by atoms with E-state index in [0.717, 1.165) is 12.1 Å². The molecule has 16 heteroatoms. The lowest BCUT2D eigenvalue weighted by molar-refractivity contribution is -0.138. The molecule has 0 aliphatic heterocycles. The van der Waals surface area contributed by atoms with Crippen molar-refractivity contribution in [1.29, 1.82) is 0 Å². The Morgan fingerprint density at radius 1 is 1.02 bits per heavy atom. The number of rotatable bonds is 8. The predicted molar refractivity (Wildman–Crippen MR) is 168 cm³/mol. The molecule has 0 fully saturated rings. The lowest BCUT2D eigenvalue weighted by atomic mass is 10.0. The molecule has 2 N–H and O–H groups in total. The van der Waals surface area contributed by atoms with Gasteiger partial charge >= 0.3 is 18.2 Å². The van der Waals surface area contributed by atoms with Crippen LogP contribution in [0.15, 0.2) is 65.9 Å². The molecule has 2 amide bonds. The van der Waals surface area contributed by atoms with E-state index >= 15 is 0 Å². The lowest BCUT2D eigenvalue weighted by Crippen LogP contribution is -2.31. The van der Waals surface area contributed by atoms with Gasteiger partial charge in [0.05, 0.1) is 40.3 Å². The van der Waals surface area contributed by atoms with E-state index in [2.05, 4.69) is 15.3 Å². The molecule has 1 unspecified atom stereocenters. The van der Waals surface area contributed by atoms with Crippen LogP contribution in [0.25, 0.3) is 11.3 Å². The van der Waals surface area contributed by atoms with Crippen LogP contribution in [0.1, 0.15) is 60.4 Å². The number of aryl methyl sites for hydroxylation is 1. The number of benzene rings is 2. The van der Waals surface area contributed by atoms with Gasteiger partial charge < -0.3 is 24.3 Å². The van der Waals surface area contributed by atoms with Crippen molar-refractivity contribution in [3.63, 3.8) is 0 Å². The fourth-order valence-electron chi connectivity index (χ4n) is 4.64. The maximum absolute atomic E-state index is 14.0. The van der Waals surface area contributed by atoms with Crippen molar-refractivity contribution in [2.75, 3.05) is 0 Å². The molecule has 254 valence electrons. The van der Waals surface area contributed by atoms with Crippen LogP contribution in [0.5, 0.6) is 0 Å². The molecule has 2 heterocycles. The molecular formula is C32H29Cl2F4N5O5. The van der Waals surface area contributed by atoms with Crippen LogP contribution in [0, 0.1) is 5.82 Å². The number of carboxylic acids is 1. The third-order valence-corrected chi connectivity index (χ3v) is 7.43. The minimum Gasteiger partial charge on any atom is -0.481 e. The highest BCUT2D eigenvalue weighted by atomic mass is 35.5. The number of carboxylic acid groups (broad SMARTS) is 1. The van der Waals surface area contributed by atoms with E-state index in [1.807, 2.05) is 0 Å². The van der Waals surface area contributed by atoms with Gasteiger partial charge in [0.1, 0.15) is 17.1 Å². The molecule has 1 atom stereocenters. The van der Waals surface area contributed by atoms with E-state index in [0.29, 0.717) is 11.6 Å². The Balaban J connectivity index is 1.84. The van der Waals surface area contributed by atoms with Crippen molar-refractivity contribution in [2.45, 2.75) is 51.6 Å². The monoisotopic (exact) mass is 709 g/mol. The maximum atomic E-state index is 14.0. The van der Waals surface area contributed by atoms with E-state index in [1.165, 1.54) is 39.5 Å². The lowest BCUT2D eigenvalue weighted by Gasteiger charge is -2.19. The molecule has 0 saturated carbocycles. The molecule has 10 nitrogen and oxygen atoms in total. The van der Waals surface area contributed by atoms with Gasteiger partial charge in [-0.1, -0.05) is 29.3 Å². The Labute approximate surface area is 281 Å². The molecule has 2 aromatic heterocycles. The first kappa shape index (κ1) is 36.2. The Morgan fingerprint density at radius 2 is 1.73 bits per heavy atom. The van der Waals surface area contributed by atoms with Gasteiger partial charge in [0, 0.05) is 25.0 Å². The van der Waals surface area contributed by atoms with Crippen molar-refractivity contribution in [3.8, 4) is 11.3 Å². The van der Waals surface area contributed by atoms with Crippen molar-refractivity contribution in [2.24, 2.45) is 12.0 Å². The smallest absolute Gasteiger partial charge is 0.437 e. The van der Waals surface area contributed by atoms with E-state index in [4.69, 9.17) is 27.9 Å². The third kappa shape index (κ3) is 9.22. The summed E-state index contributed by atoms with van der Waals surface area (Å²) in [6, 6.07) is 7.74. The molecule has 0 saturated heterocycles. The molecule has 48 heavy (non-hydrogen) atoms. The fourth-order valence-corrected chi connectivity index (χ4v) is 4.95. The van der Waals surface area contributed by atoms with Gasteiger partial charge in [0.2, 0.25) is 5.62 Å². The Bertz CT molecular complexity index is 1950. The molecule has 0 spiro atoms. The van der Waals surface area contributed by atoms with E-state index in [9.17, 15) is 37.1 Å². The second kappa shape index (κ2) is 14.2. The summed E-state index contributed by atoms with van der Waals surface area (Å²) in [4.78, 5) is 46.0. The number of aliphatic carboxylic acids is 1. The van der Waals surface area contributed by atoms with Gasteiger partial charge in [0.15, 0.2) is 0 Å². The van der Waals surface area contributed by atoms with Crippen LogP contribution in [0.3, 0.4) is 0 Å². The van der Waals surface area contributed by atoms with Crippen molar-refractivity contribution >= 4 is 41.2 Å². The summed E-state index contributed by atoms with van der Waals surface area (Å²) < 4.78 is 64.4. The number of nitrogens with one attached hydrogen (secondary N) is 1. The number of carbonyl (C=O) groups excluding carboxylic acids is 2. The number of nitrogens with zero attached hydrogens (tertiary/aromatic N) is 4. The zero-order chi connectivity index (χ0) is 35.6. The molecule has 0 aliphatic carbocycles. The summed E-state index contributed by atoms with van der Waals surface area (Å²) in [5.74, 6) is -3.33. The van der Waals surface area contributed by atoms with E-state index < -0.39 is 59.2 Å². The first-order valence-electron chi connectivity index (χ1n) is 14.2. The maximum Gasteiger partial charge on any atom is 0.437 e. The van der Waals surface area contributed by atoms with Gasteiger partial charge in [-0.3, -0.25) is 9.59 Å². The van der Waals surface area contributed by atoms with Crippen molar-refractivity contribution < 1.29 is 41.8 Å². The number of alkyl halides is 3. The number of hydrogen-bond acceptors (Lipinski definition) is 5. The van der Waals surface area contributed by atoms with Crippen LogP contribution in [0.2, 0.25) is 10.0 Å². The van der Waals surface area contributed by atoms with Gasteiger partial charge in [-0.2, -0.15) is 13.2 Å². The Kier molecular flexibility index (Phi) is 10.7. The normalized spacial score (nSPS) is 12.9. The average Bonchev–Trinajstić information content (AvgIpc) is 3.30. The largest absolute Gasteiger partial charge is 0.481 e. The average molecular weight is 711 g/mol. The summed E-state index contributed by atoms with van der Waals surface area (Å²) >= 11 is 12.1. The summed E-state index contributed by atoms with van der Waals surface area (Å²) in [5.41, 5.74) is -2.72. The quantitative estimate of drug-likeness (QED) is 0.187. The summed E-state index contributed by atoms with van der Waals surface area (Å²) in [5, 5.41) is 12.4. The Hall–Kier alpha value is -4.69. The van der Waals surface area contributed by atoms with Crippen molar-refractivity contribution in [3.05, 3.63) is 105 Å². The number of amides is 2. The molecular weight excluding hydrogens is 681 g/mol. The standard InChI is InChI=1S/C32H29Cl2F4N5O5/c1-31(2,3)48-30(47)41-29-42(4)9-10-43(29)16-17-11-25(20-7-6-19(35)14-21(20)32(36,37)38)39-26(12-17)28(46)40-24(15-27(44)45)18-5-8-22(33)23(34)13-18/h5-14,24H,15-16H2,1-4H3,(H,40,46)(H,44,45). The summed E-state index contributed by atoms with van der Waals surface area (Å²) in [6.45, 7) is 4.87. The summed E-state index contributed by atoms with van der Waals surface area (Å²) in [6.07, 6.45) is -3.32. The summed E-state index contributed by atoms with van der Waals surface area (Å²) in [7, 11) is 1.61. The number of ether oxygens (including phenoxy) is 1. The highest BCUT2D eigenvalue weighted by Gasteiger charge is 2.35. The molecule has 4 rings (SSSR count). The Morgan fingerprint density at radius 3 is 2.35 bits per heavy atom. The van der Waals surface area contributed by atoms with Crippen LogP contribution >= 0.6 is 23.2 Å². The molecule has 0 bridgehead atoms. The van der Waals surface area contributed by atoms with Crippen LogP contribution < -0.4 is 10.9 Å². The van der Waals surface area contributed by atoms with Gasteiger partial charge in [0.25, 0.3) is 5.91 Å². The SMILES string of the molecule is Cn1ccn(Cc2cc(C(=O)NC(CC(=O)O)c3ccc(Cl)c(Cl)c3)nc(-c3ccc(F)cc3C(F)(F)F)c2)c1=NC(=O)OC(C)(C)C. The number of pyridine rings is 1. The zero-order valence-electron chi connectivity index (χ0n) is 25.9. The van der Waals surface area contributed by atoms with Gasteiger partial charge in [-0.25, -0.2) is 14.2 Å². The number of imidazole rings is 1. The minimum atomic E-state index is -4.98. The van der Waals surface area contributed by atoms with E-state index in [-0.39, 0.29) is 39.2 Å². The van der Waals surface area contributed by atoms with Crippen molar-refractivity contribution in [1.82, 2.24) is 19.4 Å². The van der Waals surface area contributed by atoms with Crippen LogP contribution in [0.4, 0.5) is 22.4 Å². The van der Waals surface area contributed by atoms with Crippen LogP contribution in [-0.4, -0.2) is 42.8 Å². The topological polar surface area (TPSA) is 128 Å². The highest BCUT2D eigenvalue weighted by molar-refractivity contribution is 6.42. The molecule has 0 radical (unpaired) electrons. The minimum absolute atomic E-state index is 0.102. The number of carbonyl (C=O) groups is 3. The fraction of sp³-hybridized carbons (Fsp3) is 0.281.